The van der Waals surface area contributed by atoms with E-state index in [1.54, 1.807) is 13.8 Å². The van der Waals surface area contributed by atoms with Crippen LogP contribution < -0.4 is 4.90 Å². The maximum atomic E-state index is 14.2. The lowest BCUT2D eigenvalue weighted by molar-refractivity contribution is 0.159. The molecule has 0 aliphatic carbocycles. The standard InChI is InChI=1S/C15H21FN4/c1-6-15(4,5)20-9-7-19(8-10-20)14-13(16)11(2)17-12(3)18-14/h1H,7-10H2,2-5H3. The van der Waals surface area contributed by atoms with Gasteiger partial charge in [0.05, 0.1) is 11.2 Å². The summed E-state index contributed by atoms with van der Waals surface area (Å²) < 4.78 is 14.2. The highest BCUT2D eigenvalue weighted by atomic mass is 19.1. The first kappa shape index (κ1) is 14.7. The fourth-order valence-electron chi connectivity index (χ4n) is 2.46. The van der Waals surface area contributed by atoms with Gasteiger partial charge in [0.1, 0.15) is 5.82 Å². The number of piperazine rings is 1. The number of aromatic nitrogens is 2. The molecule has 1 saturated heterocycles. The zero-order valence-corrected chi connectivity index (χ0v) is 12.6. The molecule has 4 nitrogen and oxygen atoms in total. The summed E-state index contributed by atoms with van der Waals surface area (Å²) in [4.78, 5) is 12.5. The summed E-state index contributed by atoms with van der Waals surface area (Å²) >= 11 is 0. The van der Waals surface area contributed by atoms with E-state index in [9.17, 15) is 4.39 Å². The molecule has 0 bridgehead atoms. The number of aryl methyl sites for hydroxylation is 2. The molecular weight excluding hydrogens is 255 g/mol. The van der Waals surface area contributed by atoms with Gasteiger partial charge in [-0.1, -0.05) is 5.92 Å². The van der Waals surface area contributed by atoms with Crippen LogP contribution in [0.1, 0.15) is 25.4 Å². The first-order chi connectivity index (χ1) is 9.35. The first-order valence-corrected chi connectivity index (χ1v) is 6.83. The van der Waals surface area contributed by atoms with Gasteiger partial charge >= 0.3 is 0 Å². The van der Waals surface area contributed by atoms with E-state index < -0.39 is 0 Å². The largest absolute Gasteiger partial charge is 0.352 e. The Balaban J connectivity index is 2.14. The molecule has 1 aromatic heterocycles. The molecule has 0 spiro atoms. The minimum absolute atomic E-state index is 0.262. The molecule has 5 heteroatoms. The van der Waals surface area contributed by atoms with Gasteiger partial charge in [-0.25, -0.2) is 14.4 Å². The van der Waals surface area contributed by atoms with E-state index in [1.807, 2.05) is 18.7 Å². The van der Waals surface area contributed by atoms with Crippen molar-refractivity contribution >= 4 is 5.82 Å². The highest BCUT2D eigenvalue weighted by Gasteiger charge is 2.29. The Labute approximate surface area is 120 Å². The van der Waals surface area contributed by atoms with E-state index >= 15 is 0 Å². The smallest absolute Gasteiger partial charge is 0.186 e. The van der Waals surface area contributed by atoms with Crippen LogP contribution in [0.15, 0.2) is 0 Å². The predicted molar refractivity (Wildman–Crippen MR) is 78.2 cm³/mol. The van der Waals surface area contributed by atoms with E-state index in [1.165, 1.54) is 0 Å². The molecule has 1 aliphatic heterocycles. The molecule has 0 aromatic carbocycles. The molecule has 20 heavy (non-hydrogen) atoms. The van der Waals surface area contributed by atoms with Crippen molar-refractivity contribution in [3.8, 4) is 12.3 Å². The average molecular weight is 276 g/mol. The quantitative estimate of drug-likeness (QED) is 0.771. The Morgan fingerprint density at radius 3 is 2.30 bits per heavy atom. The maximum absolute atomic E-state index is 14.2. The number of nitrogens with zero attached hydrogens (tertiary/aromatic N) is 4. The second-order valence-electron chi connectivity index (χ2n) is 5.67. The van der Waals surface area contributed by atoms with E-state index in [-0.39, 0.29) is 11.4 Å². The van der Waals surface area contributed by atoms with Crippen molar-refractivity contribution in [2.24, 2.45) is 0 Å². The van der Waals surface area contributed by atoms with Crippen LogP contribution in [0.4, 0.5) is 10.2 Å². The van der Waals surface area contributed by atoms with Crippen LogP contribution in [-0.2, 0) is 0 Å². The van der Waals surface area contributed by atoms with Gasteiger partial charge in [0.2, 0.25) is 0 Å². The van der Waals surface area contributed by atoms with Gasteiger partial charge in [0, 0.05) is 26.2 Å². The molecule has 1 aliphatic rings. The van der Waals surface area contributed by atoms with Gasteiger partial charge in [0.25, 0.3) is 0 Å². The number of anilines is 1. The number of hydrogen-bond acceptors (Lipinski definition) is 4. The van der Waals surface area contributed by atoms with Crippen LogP contribution >= 0.6 is 0 Å². The highest BCUT2D eigenvalue weighted by molar-refractivity contribution is 5.42. The summed E-state index contributed by atoms with van der Waals surface area (Å²) in [6.07, 6.45) is 5.56. The Bertz CT molecular complexity index is 540. The summed E-state index contributed by atoms with van der Waals surface area (Å²) in [6, 6.07) is 0. The molecule has 0 amide bonds. The topological polar surface area (TPSA) is 32.3 Å². The average Bonchev–Trinajstić information content (AvgIpc) is 2.43. The van der Waals surface area contributed by atoms with Gasteiger partial charge in [-0.3, -0.25) is 4.90 Å². The van der Waals surface area contributed by atoms with Crippen molar-refractivity contribution in [3.63, 3.8) is 0 Å². The van der Waals surface area contributed by atoms with E-state index in [0.717, 1.165) is 26.2 Å². The van der Waals surface area contributed by atoms with Gasteiger partial charge in [-0.15, -0.1) is 6.42 Å². The van der Waals surface area contributed by atoms with Crippen molar-refractivity contribution in [1.82, 2.24) is 14.9 Å². The fraction of sp³-hybridized carbons (Fsp3) is 0.600. The molecular formula is C15H21FN4. The molecule has 0 unspecified atom stereocenters. The van der Waals surface area contributed by atoms with E-state index in [0.29, 0.717) is 17.3 Å². The monoisotopic (exact) mass is 276 g/mol. The van der Waals surface area contributed by atoms with Crippen molar-refractivity contribution in [1.29, 1.82) is 0 Å². The molecule has 108 valence electrons. The third-order valence-electron chi connectivity index (χ3n) is 3.83. The molecule has 0 radical (unpaired) electrons. The lowest BCUT2D eigenvalue weighted by Gasteiger charge is -2.41. The zero-order valence-electron chi connectivity index (χ0n) is 12.6. The number of rotatable bonds is 2. The van der Waals surface area contributed by atoms with Crippen LogP contribution in [-0.4, -0.2) is 46.6 Å². The maximum Gasteiger partial charge on any atom is 0.186 e. The normalized spacial score (nSPS) is 17.1. The lowest BCUT2D eigenvalue weighted by Crippen LogP contribution is -2.54. The van der Waals surface area contributed by atoms with Crippen molar-refractivity contribution in [2.45, 2.75) is 33.2 Å². The molecule has 0 atom stereocenters. The minimum atomic E-state index is -0.319. The number of hydrogen-bond donors (Lipinski definition) is 0. The molecule has 1 aromatic rings. The second-order valence-corrected chi connectivity index (χ2v) is 5.67. The van der Waals surface area contributed by atoms with Crippen LogP contribution in [0, 0.1) is 32.0 Å². The van der Waals surface area contributed by atoms with Crippen LogP contribution in [0.5, 0.6) is 0 Å². The Morgan fingerprint density at radius 2 is 1.75 bits per heavy atom. The lowest BCUT2D eigenvalue weighted by atomic mass is 10.0. The number of terminal acetylenes is 1. The van der Waals surface area contributed by atoms with Gasteiger partial charge in [-0.2, -0.15) is 0 Å². The fourth-order valence-corrected chi connectivity index (χ4v) is 2.46. The van der Waals surface area contributed by atoms with Gasteiger partial charge in [0.15, 0.2) is 11.6 Å². The van der Waals surface area contributed by atoms with Gasteiger partial charge < -0.3 is 4.90 Å². The van der Waals surface area contributed by atoms with Crippen LogP contribution in [0.25, 0.3) is 0 Å². The molecule has 2 rings (SSSR count). The minimum Gasteiger partial charge on any atom is -0.352 e. The molecule has 0 saturated carbocycles. The van der Waals surface area contributed by atoms with Gasteiger partial charge in [-0.05, 0) is 27.7 Å². The molecule has 1 fully saturated rings. The van der Waals surface area contributed by atoms with Crippen molar-refractivity contribution in [3.05, 3.63) is 17.3 Å². The summed E-state index contributed by atoms with van der Waals surface area (Å²) in [5, 5.41) is 0. The summed E-state index contributed by atoms with van der Waals surface area (Å²) in [7, 11) is 0. The summed E-state index contributed by atoms with van der Waals surface area (Å²) in [5.41, 5.74) is 0.140. The Hall–Kier alpha value is -1.67. The predicted octanol–water partition coefficient (Wildman–Crippen LogP) is 1.77. The number of halogens is 1. The summed E-state index contributed by atoms with van der Waals surface area (Å²) in [6.45, 7) is 10.6. The Morgan fingerprint density at radius 1 is 1.15 bits per heavy atom. The van der Waals surface area contributed by atoms with E-state index in [4.69, 9.17) is 6.42 Å². The zero-order chi connectivity index (χ0) is 14.9. The van der Waals surface area contributed by atoms with E-state index in [2.05, 4.69) is 20.8 Å². The highest BCUT2D eigenvalue weighted by Crippen LogP contribution is 2.22. The van der Waals surface area contributed by atoms with Crippen molar-refractivity contribution < 1.29 is 4.39 Å². The first-order valence-electron chi connectivity index (χ1n) is 6.83. The second kappa shape index (κ2) is 5.37. The van der Waals surface area contributed by atoms with Crippen LogP contribution in [0.2, 0.25) is 0 Å². The summed E-state index contributed by atoms with van der Waals surface area (Å²) in [5.74, 6) is 3.50. The third-order valence-corrected chi connectivity index (χ3v) is 3.83. The van der Waals surface area contributed by atoms with Crippen molar-refractivity contribution in [2.75, 3.05) is 31.1 Å². The Kier molecular flexibility index (Phi) is 3.96. The third kappa shape index (κ3) is 2.75. The molecule has 2 heterocycles. The SMILES string of the molecule is C#CC(C)(C)N1CCN(c2nc(C)nc(C)c2F)CC1. The van der Waals surface area contributed by atoms with Crippen LogP contribution in [0.3, 0.4) is 0 Å². The molecule has 0 N–H and O–H groups in total.